The van der Waals surface area contributed by atoms with Crippen molar-refractivity contribution in [3.8, 4) is 0 Å². The summed E-state index contributed by atoms with van der Waals surface area (Å²) in [4.78, 5) is 17.1. The van der Waals surface area contributed by atoms with E-state index in [0.29, 0.717) is 23.2 Å². The molecule has 0 saturated heterocycles. The first-order valence-corrected chi connectivity index (χ1v) is 9.74. The minimum atomic E-state index is -0.182. The molecule has 0 atom stereocenters. The number of benzene rings is 2. The maximum atomic E-state index is 12.7. The molecule has 1 aromatic heterocycles. The van der Waals surface area contributed by atoms with Crippen molar-refractivity contribution >= 4 is 28.2 Å². The van der Waals surface area contributed by atoms with Crippen LogP contribution in [0.1, 0.15) is 45.0 Å². The van der Waals surface area contributed by atoms with Crippen molar-refractivity contribution in [1.29, 1.82) is 5.41 Å². The van der Waals surface area contributed by atoms with Crippen molar-refractivity contribution in [3.05, 3.63) is 83.6 Å². The number of pyridine rings is 1. The van der Waals surface area contributed by atoms with Crippen LogP contribution in [-0.4, -0.2) is 16.6 Å². The SMILES string of the molecule is C/C(=C\C(=N)Cc1ccc(NC(=O)c2cccc3cccnc23)cc1)C(C)(C)C.[HH]. The molecule has 29 heavy (non-hydrogen) atoms. The fourth-order valence-electron chi connectivity index (χ4n) is 2.94. The van der Waals surface area contributed by atoms with E-state index in [-0.39, 0.29) is 12.7 Å². The monoisotopic (exact) mass is 387 g/mol. The number of amides is 1. The lowest BCUT2D eigenvalue weighted by Crippen LogP contribution is -2.13. The van der Waals surface area contributed by atoms with Crippen LogP contribution in [0.15, 0.2) is 72.4 Å². The molecule has 0 unspecified atom stereocenters. The molecule has 1 amide bonds. The number of nitrogens with zero attached hydrogens (tertiary/aromatic N) is 1. The summed E-state index contributed by atoms with van der Waals surface area (Å²) in [7, 11) is 0. The Labute approximate surface area is 173 Å². The summed E-state index contributed by atoms with van der Waals surface area (Å²) >= 11 is 0. The maximum absolute atomic E-state index is 12.7. The fraction of sp³-hybridized carbons (Fsp3) is 0.240. The molecule has 3 aromatic rings. The number of rotatable bonds is 5. The highest BCUT2D eigenvalue weighted by atomic mass is 16.1. The summed E-state index contributed by atoms with van der Waals surface area (Å²) < 4.78 is 0. The molecule has 2 N–H and O–H groups in total. The number of nitrogens with one attached hydrogen (secondary N) is 2. The standard InChI is InChI=1S/C25H27N3O.H2/c1-17(25(2,3)4)15-20(26)16-18-10-12-21(13-11-18)28-24(29)22-9-5-7-19-8-6-14-27-23(19)22;/h5-15,26H,16H2,1-4H3,(H,28,29);1H/b17-15+,26-20?;. The number of allylic oxidation sites excluding steroid dienone is 2. The molecule has 0 aliphatic heterocycles. The van der Waals surface area contributed by atoms with Gasteiger partial charge in [-0.25, -0.2) is 0 Å². The lowest BCUT2D eigenvalue weighted by molar-refractivity contribution is 0.102. The maximum Gasteiger partial charge on any atom is 0.257 e. The van der Waals surface area contributed by atoms with Gasteiger partial charge in [-0.2, -0.15) is 0 Å². The van der Waals surface area contributed by atoms with Crippen LogP contribution >= 0.6 is 0 Å². The number of para-hydroxylation sites is 1. The zero-order chi connectivity index (χ0) is 21.0. The Morgan fingerprint density at radius 2 is 1.79 bits per heavy atom. The van der Waals surface area contributed by atoms with E-state index in [0.717, 1.165) is 16.6 Å². The minimum absolute atomic E-state index is 0. The van der Waals surface area contributed by atoms with Crippen LogP contribution in [-0.2, 0) is 6.42 Å². The first-order valence-electron chi connectivity index (χ1n) is 9.74. The van der Waals surface area contributed by atoms with Crippen LogP contribution in [0.4, 0.5) is 5.69 Å². The van der Waals surface area contributed by atoms with Crippen LogP contribution in [0.25, 0.3) is 10.9 Å². The fourth-order valence-corrected chi connectivity index (χ4v) is 2.94. The van der Waals surface area contributed by atoms with E-state index in [1.807, 2.05) is 54.6 Å². The normalized spacial score (nSPS) is 12.1. The Bertz CT molecular complexity index is 1070. The second-order valence-electron chi connectivity index (χ2n) is 8.31. The first kappa shape index (κ1) is 20.5. The Morgan fingerprint density at radius 1 is 1.10 bits per heavy atom. The van der Waals surface area contributed by atoms with Gasteiger partial charge in [-0.3, -0.25) is 9.78 Å². The summed E-state index contributed by atoms with van der Waals surface area (Å²) in [5.74, 6) is -0.182. The number of fused-ring (bicyclic) bond motifs is 1. The summed E-state index contributed by atoms with van der Waals surface area (Å²) in [5, 5.41) is 12.1. The molecule has 0 aliphatic carbocycles. The largest absolute Gasteiger partial charge is 0.322 e. The van der Waals surface area contributed by atoms with E-state index in [1.54, 1.807) is 12.3 Å². The molecule has 2 aromatic carbocycles. The summed E-state index contributed by atoms with van der Waals surface area (Å²) in [6, 6.07) is 17.0. The summed E-state index contributed by atoms with van der Waals surface area (Å²) in [6.45, 7) is 8.51. The van der Waals surface area contributed by atoms with Gasteiger partial charge in [0.05, 0.1) is 11.1 Å². The average Bonchev–Trinajstić information content (AvgIpc) is 2.68. The van der Waals surface area contributed by atoms with Gasteiger partial charge in [0.15, 0.2) is 0 Å². The third-order valence-corrected chi connectivity index (χ3v) is 5.06. The molecule has 0 saturated carbocycles. The van der Waals surface area contributed by atoms with Gasteiger partial charge in [0.1, 0.15) is 0 Å². The molecular formula is C25H29N3O. The second kappa shape index (κ2) is 8.39. The highest BCUT2D eigenvalue weighted by Gasteiger charge is 2.13. The van der Waals surface area contributed by atoms with Gasteiger partial charge in [0, 0.05) is 30.8 Å². The number of carbonyl (C=O) groups excluding carboxylic acids is 1. The van der Waals surface area contributed by atoms with E-state index >= 15 is 0 Å². The van der Waals surface area contributed by atoms with Gasteiger partial charge >= 0.3 is 0 Å². The second-order valence-corrected chi connectivity index (χ2v) is 8.31. The number of anilines is 1. The zero-order valence-corrected chi connectivity index (χ0v) is 17.4. The lowest BCUT2D eigenvalue weighted by atomic mass is 9.86. The quantitative estimate of drug-likeness (QED) is 0.505. The molecule has 1 heterocycles. The number of aromatic nitrogens is 1. The van der Waals surface area contributed by atoms with E-state index in [1.165, 1.54) is 5.57 Å². The zero-order valence-electron chi connectivity index (χ0n) is 17.4. The lowest BCUT2D eigenvalue weighted by Gasteiger charge is -2.19. The van der Waals surface area contributed by atoms with E-state index in [4.69, 9.17) is 5.41 Å². The molecule has 0 spiro atoms. The van der Waals surface area contributed by atoms with Gasteiger partial charge < -0.3 is 10.7 Å². The predicted molar refractivity (Wildman–Crippen MR) is 123 cm³/mol. The Morgan fingerprint density at radius 3 is 2.48 bits per heavy atom. The van der Waals surface area contributed by atoms with Crippen LogP contribution in [0.3, 0.4) is 0 Å². The first-order chi connectivity index (χ1) is 13.7. The predicted octanol–water partition coefficient (Wildman–Crippen LogP) is 6.29. The molecular weight excluding hydrogens is 358 g/mol. The Kier molecular flexibility index (Phi) is 5.92. The van der Waals surface area contributed by atoms with Crippen LogP contribution in [0.5, 0.6) is 0 Å². The minimum Gasteiger partial charge on any atom is -0.322 e. The van der Waals surface area contributed by atoms with Crippen LogP contribution < -0.4 is 5.32 Å². The third-order valence-electron chi connectivity index (χ3n) is 5.06. The van der Waals surface area contributed by atoms with Gasteiger partial charge in [0.2, 0.25) is 0 Å². The van der Waals surface area contributed by atoms with Crippen molar-refractivity contribution < 1.29 is 6.22 Å². The Balaban J connectivity index is 0.00000320. The molecule has 0 bridgehead atoms. The highest BCUT2D eigenvalue weighted by molar-refractivity contribution is 6.11. The van der Waals surface area contributed by atoms with Crippen LogP contribution in [0, 0.1) is 10.8 Å². The number of carbonyl (C=O) groups is 1. The number of hydrogen-bond donors (Lipinski definition) is 2. The summed E-state index contributed by atoms with van der Waals surface area (Å²) in [5.41, 5.74) is 4.84. The number of hydrogen-bond acceptors (Lipinski definition) is 3. The molecule has 0 radical (unpaired) electrons. The van der Waals surface area contributed by atoms with Crippen molar-refractivity contribution in [3.63, 3.8) is 0 Å². The van der Waals surface area contributed by atoms with Crippen molar-refractivity contribution in [1.82, 2.24) is 4.98 Å². The van der Waals surface area contributed by atoms with E-state index < -0.39 is 0 Å². The van der Waals surface area contributed by atoms with Crippen molar-refractivity contribution in [2.75, 3.05) is 5.32 Å². The molecule has 0 aliphatic rings. The van der Waals surface area contributed by atoms with E-state index in [2.05, 4.69) is 38.0 Å². The molecule has 0 fully saturated rings. The van der Waals surface area contributed by atoms with Crippen molar-refractivity contribution in [2.45, 2.75) is 34.1 Å². The highest BCUT2D eigenvalue weighted by Crippen LogP contribution is 2.24. The average molecular weight is 388 g/mol. The topological polar surface area (TPSA) is 65.8 Å². The van der Waals surface area contributed by atoms with Gasteiger partial charge in [-0.15, -0.1) is 0 Å². The third kappa shape index (κ3) is 5.17. The van der Waals surface area contributed by atoms with Crippen LogP contribution in [0.2, 0.25) is 0 Å². The molecule has 4 nitrogen and oxygen atoms in total. The van der Waals surface area contributed by atoms with Crippen molar-refractivity contribution in [2.24, 2.45) is 5.41 Å². The summed E-state index contributed by atoms with van der Waals surface area (Å²) in [6.07, 6.45) is 4.21. The molecule has 150 valence electrons. The van der Waals surface area contributed by atoms with Gasteiger partial charge in [-0.05, 0) is 48.2 Å². The smallest absolute Gasteiger partial charge is 0.257 e. The van der Waals surface area contributed by atoms with Gasteiger partial charge in [-0.1, -0.05) is 56.7 Å². The van der Waals surface area contributed by atoms with E-state index in [9.17, 15) is 4.79 Å². The van der Waals surface area contributed by atoms with Gasteiger partial charge in [0.25, 0.3) is 5.91 Å². The molecule has 3 rings (SSSR count). The Hall–Kier alpha value is -3.27. The molecule has 4 heteroatoms.